The number of likely N-dealkylation sites (tertiary alicyclic amines) is 1. The molecule has 1 unspecified atom stereocenters. The third kappa shape index (κ3) is 6.35. The first-order chi connectivity index (χ1) is 12.1. The predicted molar refractivity (Wildman–Crippen MR) is 111 cm³/mol. The molecule has 1 atom stereocenters. The van der Waals surface area contributed by atoms with Gasteiger partial charge in [-0.25, -0.2) is 13.1 Å². The smallest absolute Gasteiger partial charge is 0.215 e. The van der Waals surface area contributed by atoms with Crippen molar-refractivity contribution in [2.75, 3.05) is 19.6 Å². The van der Waals surface area contributed by atoms with E-state index in [4.69, 9.17) is 0 Å². The van der Waals surface area contributed by atoms with Crippen LogP contribution in [-0.2, 0) is 15.8 Å². The molecule has 1 N–H and O–H groups in total. The van der Waals surface area contributed by atoms with E-state index in [1.165, 1.54) is 31.2 Å². The quantitative estimate of drug-likeness (QED) is 0.738. The maximum atomic E-state index is 12.5. The fourth-order valence-electron chi connectivity index (χ4n) is 3.38. The fraction of sp³-hybridized carbons (Fsp3) is 0.474. The number of hydrogen-bond donors (Lipinski definition) is 1. The molecule has 0 bridgehead atoms. The van der Waals surface area contributed by atoms with Gasteiger partial charge in [0.1, 0.15) is 0 Å². The second-order valence-corrected chi connectivity index (χ2v) is 9.20. The topological polar surface area (TPSA) is 49.4 Å². The summed E-state index contributed by atoms with van der Waals surface area (Å²) in [5, 5.41) is 4.21. The Bertz CT molecular complexity index is 728. The maximum Gasteiger partial charge on any atom is 0.215 e. The lowest BCUT2D eigenvalue weighted by Gasteiger charge is -2.30. The van der Waals surface area contributed by atoms with Gasteiger partial charge < -0.3 is 0 Å². The van der Waals surface area contributed by atoms with Gasteiger partial charge in [-0.2, -0.15) is 11.3 Å². The van der Waals surface area contributed by atoms with Gasteiger partial charge in [0.05, 0.1) is 5.75 Å². The second-order valence-electron chi connectivity index (χ2n) is 6.62. The maximum absolute atomic E-state index is 12.5. The van der Waals surface area contributed by atoms with E-state index in [1.54, 1.807) is 11.3 Å². The van der Waals surface area contributed by atoms with E-state index in [-0.39, 0.29) is 24.2 Å². The first-order valence-electron chi connectivity index (χ1n) is 8.91. The number of nitrogens with zero attached hydrogens (tertiary/aromatic N) is 1. The molecular weight excluding hydrogens is 388 g/mol. The van der Waals surface area contributed by atoms with E-state index in [0.29, 0.717) is 6.54 Å². The van der Waals surface area contributed by atoms with Gasteiger partial charge in [0.2, 0.25) is 10.0 Å². The van der Waals surface area contributed by atoms with Gasteiger partial charge in [0, 0.05) is 12.6 Å². The lowest BCUT2D eigenvalue weighted by molar-refractivity contribution is 0.206. The Morgan fingerprint density at radius 1 is 1.04 bits per heavy atom. The molecule has 1 aromatic heterocycles. The highest BCUT2D eigenvalue weighted by atomic mass is 35.5. The summed E-state index contributed by atoms with van der Waals surface area (Å²) in [7, 11) is -3.34. The molecule has 0 spiro atoms. The molecule has 4 nitrogen and oxygen atoms in total. The Balaban J connectivity index is 0.00000243. The minimum absolute atomic E-state index is 0. The molecule has 144 valence electrons. The molecule has 1 fully saturated rings. The average Bonchev–Trinajstić information content (AvgIpc) is 2.98. The third-order valence-corrected chi connectivity index (χ3v) is 6.73. The van der Waals surface area contributed by atoms with Gasteiger partial charge >= 0.3 is 0 Å². The summed E-state index contributed by atoms with van der Waals surface area (Å²) >= 11 is 1.67. The first-order valence-corrected chi connectivity index (χ1v) is 11.5. The van der Waals surface area contributed by atoms with Crippen LogP contribution in [0.3, 0.4) is 0 Å². The van der Waals surface area contributed by atoms with Crippen molar-refractivity contribution in [1.82, 2.24) is 9.62 Å². The number of nitrogens with one attached hydrogen (secondary N) is 1. The van der Waals surface area contributed by atoms with Crippen molar-refractivity contribution in [3.05, 3.63) is 58.3 Å². The summed E-state index contributed by atoms with van der Waals surface area (Å²) in [6.45, 7) is 2.52. The molecule has 7 heteroatoms. The van der Waals surface area contributed by atoms with Crippen molar-refractivity contribution in [2.45, 2.75) is 37.5 Å². The number of hydrogen-bond acceptors (Lipinski definition) is 4. The zero-order valence-electron chi connectivity index (χ0n) is 14.8. The van der Waals surface area contributed by atoms with Gasteiger partial charge in [0.25, 0.3) is 0 Å². The van der Waals surface area contributed by atoms with Crippen LogP contribution in [0.15, 0.2) is 47.2 Å². The zero-order chi connectivity index (χ0) is 17.5. The second kappa shape index (κ2) is 10.4. The standard InChI is InChI=1S/C19H26N2O2S2.ClH/c22-25(23,16-17-8-4-3-5-9-17)20-14-19(18-10-13-24-15-18)21-11-6-1-2-7-12-21;/h3-5,8-10,13,15,19-20H,1-2,6-7,11-12,14,16H2;1H. The summed E-state index contributed by atoms with van der Waals surface area (Å²) in [4.78, 5) is 2.44. The zero-order valence-corrected chi connectivity index (χ0v) is 17.3. The van der Waals surface area contributed by atoms with Crippen molar-refractivity contribution >= 4 is 33.8 Å². The lowest BCUT2D eigenvalue weighted by atomic mass is 10.1. The van der Waals surface area contributed by atoms with Crippen LogP contribution in [-0.4, -0.2) is 33.0 Å². The Kier molecular flexibility index (Phi) is 8.57. The summed E-state index contributed by atoms with van der Waals surface area (Å²) in [5.41, 5.74) is 2.03. The molecule has 2 heterocycles. The molecule has 0 amide bonds. The van der Waals surface area contributed by atoms with Crippen molar-refractivity contribution in [2.24, 2.45) is 0 Å². The van der Waals surface area contributed by atoms with Crippen molar-refractivity contribution in [3.63, 3.8) is 0 Å². The molecule has 3 rings (SSSR count). The van der Waals surface area contributed by atoms with Crippen LogP contribution in [0.1, 0.15) is 42.9 Å². The van der Waals surface area contributed by atoms with Gasteiger partial charge in [-0.1, -0.05) is 43.2 Å². The molecule has 0 radical (unpaired) electrons. The molecular formula is C19H27ClN2O2S2. The number of rotatable bonds is 7. The Hall–Kier alpha value is -0.920. The number of sulfonamides is 1. The van der Waals surface area contributed by atoms with Crippen LogP contribution in [0, 0.1) is 0 Å². The van der Waals surface area contributed by atoms with E-state index < -0.39 is 10.0 Å². The van der Waals surface area contributed by atoms with Crippen molar-refractivity contribution in [1.29, 1.82) is 0 Å². The van der Waals surface area contributed by atoms with E-state index >= 15 is 0 Å². The SMILES string of the molecule is Cl.O=S(=O)(Cc1ccccc1)NCC(c1ccsc1)N1CCCCCC1. The number of thiophene rings is 1. The average molecular weight is 415 g/mol. The van der Waals surface area contributed by atoms with Crippen LogP contribution < -0.4 is 4.72 Å². The monoisotopic (exact) mass is 414 g/mol. The van der Waals surface area contributed by atoms with E-state index in [9.17, 15) is 8.42 Å². The first kappa shape index (κ1) is 21.4. The van der Waals surface area contributed by atoms with Gasteiger partial charge in [0.15, 0.2) is 0 Å². The van der Waals surface area contributed by atoms with Crippen LogP contribution in [0.2, 0.25) is 0 Å². The minimum Gasteiger partial charge on any atom is -0.295 e. The fourth-order valence-corrected chi connectivity index (χ4v) is 5.23. The normalized spacial score (nSPS) is 17.2. The highest BCUT2D eigenvalue weighted by Crippen LogP contribution is 2.25. The van der Waals surface area contributed by atoms with Crippen LogP contribution in [0.25, 0.3) is 0 Å². The number of halogens is 1. The highest BCUT2D eigenvalue weighted by molar-refractivity contribution is 7.88. The molecule has 1 aliphatic rings. The summed E-state index contributed by atoms with van der Waals surface area (Å²) in [6, 6.07) is 11.6. The van der Waals surface area contributed by atoms with Crippen LogP contribution >= 0.6 is 23.7 Å². The highest BCUT2D eigenvalue weighted by Gasteiger charge is 2.24. The molecule has 1 aliphatic heterocycles. The van der Waals surface area contributed by atoms with Crippen LogP contribution in [0.4, 0.5) is 0 Å². The summed E-state index contributed by atoms with van der Waals surface area (Å²) in [6.07, 6.45) is 4.92. The Morgan fingerprint density at radius 3 is 2.35 bits per heavy atom. The van der Waals surface area contributed by atoms with Crippen LogP contribution in [0.5, 0.6) is 0 Å². The Labute approximate surface area is 167 Å². The molecule has 1 saturated heterocycles. The van der Waals surface area contributed by atoms with Gasteiger partial charge in [-0.05, 0) is 53.9 Å². The molecule has 2 aromatic rings. The summed E-state index contributed by atoms with van der Waals surface area (Å²) in [5.74, 6) is 0.0319. The molecule has 0 aliphatic carbocycles. The molecule has 1 aromatic carbocycles. The molecule has 0 saturated carbocycles. The van der Waals surface area contributed by atoms with E-state index in [0.717, 1.165) is 18.7 Å². The van der Waals surface area contributed by atoms with E-state index in [1.807, 2.05) is 30.3 Å². The largest absolute Gasteiger partial charge is 0.295 e. The van der Waals surface area contributed by atoms with E-state index in [2.05, 4.69) is 26.4 Å². The van der Waals surface area contributed by atoms with Gasteiger partial charge in [-0.3, -0.25) is 4.90 Å². The molecule has 26 heavy (non-hydrogen) atoms. The van der Waals surface area contributed by atoms with Crippen molar-refractivity contribution < 1.29 is 8.42 Å². The van der Waals surface area contributed by atoms with Crippen molar-refractivity contribution in [3.8, 4) is 0 Å². The van der Waals surface area contributed by atoms with Gasteiger partial charge in [-0.15, -0.1) is 12.4 Å². The Morgan fingerprint density at radius 2 is 1.73 bits per heavy atom. The summed E-state index contributed by atoms with van der Waals surface area (Å²) < 4.78 is 27.8. The third-order valence-electron chi connectivity index (χ3n) is 4.71. The minimum atomic E-state index is -3.34. The number of benzene rings is 1. The predicted octanol–water partition coefficient (Wildman–Crippen LogP) is 4.21. The lowest BCUT2D eigenvalue weighted by Crippen LogP contribution is -2.38.